The van der Waals surface area contributed by atoms with E-state index in [4.69, 9.17) is 16.4 Å². The summed E-state index contributed by atoms with van der Waals surface area (Å²) in [5.74, 6) is -1.93. The average molecular weight is 400 g/mol. The summed E-state index contributed by atoms with van der Waals surface area (Å²) in [6.45, 7) is 3.96. The number of carbonyl (C=O) groups excluding carboxylic acids is 3. The number of nitrogens with one attached hydrogen (secondary N) is 2. The molecule has 150 valence electrons. The lowest BCUT2D eigenvalue weighted by Crippen LogP contribution is -2.44. The van der Waals surface area contributed by atoms with Crippen molar-refractivity contribution in [3.63, 3.8) is 0 Å². The van der Waals surface area contributed by atoms with Gasteiger partial charge in [0.15, 0.2) is 5.78 Å². The third-order valence-electron chi connectivity index (χ3n) is 5.81. The van der Waals surface area contributed by atoms with Gasteiger partial charge < -0.3 is 16.5 Å². The first kappa shape index (κ1) is 19.5. The predicted molar refractivity (Wildman–Crippen MR) is 109 cm³/mol. The van der Waals surface area contributed by atoms with Crippen molar-refractivity contribution < 1.29 is 14.4 Å². The summed E-state index contributed by atoms with van der Waals surface area (Å²) in [6, 6.07) is 8.67. The van der Waals surface area contributed by atoms with E-state index in [0.29, 0.717) is 35.2 Å². The number of allylic oxidation sites excluding steroid dienone is 4. The Morgan fingerprint density at radius 1 is 1.13 bits per heavy atom. The second kappa shape index (κ2) is 6.63. The fourth-order valence-corrected chi connectivity index (χ4v) is 4.46. The standard InChI is InChI=1S/C23H20N4O3/c1-23(2)7-14-17(15(28)8-23)16(12-5-3-11(9-24)4-6-12)18-20(27-14)21(29)13(10-25)19(26)22(18)30/h3-6,10,16,25,27H,7-8,26H2,1-2H3. The van der Waals surface area contributed by atoms with Gasteiger partial charge >= 0.3 is 0 Å². The number of carbonyl (C=O) groups is 3. The molecule has 7 nitrogen and oxygen atoms in total. The van der Waals surface area contributed by atoms with Gasteiger partial charge in [-0.15, -0.1) is 0 Å². The summed E-state index contributed by atoms with van der Waals surface area (Å²) in [4.78, 5) is 39.4. The normalized spacial score (nSPS) is 23.0. The summed E-state index contributed by atoms with van der Waals surface area (Å²) in [5, 5.41) is 19.7. The zero-order valence-corrected chi connectivity index (χ0v) is 16.6. The fraction of sp³-hybridized carbons (Fsp3) is 0.261. The van der Waals surface area contributed by atoms with Crippen LogP contribution in [0.15, 0.2) is 58.1 Å². The maximum absolute atomic E-state index is 13.2. The van der Waals surface area contributed by atoms with Gasteiger partial charge in [0.05, 0.1) is 28.6 Å². The summed E-state index contributed by atoms with van der Waals surface area (Å²) in [7, 11) is 0. The first-order valence-corrected chi connectivity index (χ1v) is 9.55. The molecule has 0 radical (unpaired) electrons. The molecule has 1 aliphatic heterocycles. The highest BCUT2D eigenvalue weighted by molar-refractivity contribution is 6.32. The third kappa shape index (κ3) is 2.80. The second-order valence-corrected chi connectivity index (χ2v) is 8.54. The summed E-state index contributed by atoms with van der Waals surface area (Å²) < 4.78 is 0. The number of hydrogen-bond acceptors (Lipinski definition) is 7. The van der Waals surface area contributed by atoms with Crippen molar-refractivity contribution in [3.05, 3.63) is 69.2 Å². The first-order chi connectivity index (χ1) is 14.2. The number of Topliss-reactive ketones (excluding diaryl/α,β-unsaturated/α-hetero) is 3. The number of dihydropyridines is 1. The fourth-order valence-electron chi connectivity index (χ4n) is 4.46. The van der Waals surface area contributed by atoms with E-state index in [1.54, 1.807) is 24.3 Å². The minimum Gasteiger partial charge on any atom is -0.395 e. The molecule has 0 aromatic heterocycles. The van der Waals surface area contributed by atoms with Crippen LogP contribution in [0.5, 0.6) is 0 Å². The Labute approximate surface area is 173 Å². The van der Waals surface area contributed by atoms with E-state index in [2.05, 4.69) is 5.32 Å². The Kier molecular flexibility index (Phi) is 4.31. The van der Waals surface area contributed by atoms with Crippen molar-refractivity contribution in [3.8, 4) is 6.07 Å². The summed E-state index contributed by atoms with van der Waals surface area (Å²) in [6.07, 6.45) is 1.65. The van der Waals surface area contributed by atoms with Crippen LogP contribution in [-0.2, 0) is 14.4 Å². The van der Waals surface area contributed by atoms with E-state index in [1.165, 1.54) is 0 Å². The van der Waals surface area contributed by atoms with Gasteiger partial charge in [-0.3, -0.25) is 14.4 Å². The number of rotatable bonds is 2. The van der Waals surface area contributed by atoms with Crippen LogP contribution in [-0.4, -0.2) is 23.6 Å². The molecule has 0 spiro atoms. The van der Waals surface area contributed by atoms with Crippen molar-refractivity contribution in [2.75, 3.05) is 0 Å². The summed E-state index contributed by atoms with van der Waals surface area (Å²) >= 11 is 0. The zero-order chi connectivity index (χ0) is 21.8. The highest BCUT2D eigenvalue weighted by atomic mass is 16.1. The minimum atomic E-state index is -0.755. The molecule has 1 unspecified atom stereocenters. The Hall–Kier alpha value is -3.79. The van der Waals surface area contributed by atoms with Crippen LogP contribution in [0, 0.1) is 22.2 Å². The molecular formula is C23H20N4O3. The third-order valence-corrected chi connectivity index (χ3v) is 5.81. The molecule has 0 bridgehead atoms. The number of ketones is 3. The lowest BCUT2D eigenvalue weighted by molar-refractivity contribution is -0.119. The molecule has 3 aliphatic rings. The molecule has 0 saturated carbocycles. The number of benzene rings is 1. The number of nitriles is 1. The van der Waals surface area contributed by atoms with Gasteiger partial charge in [0.1, 0.15) is 0 Å². The van der Waals surface area contributed by atoms with Crippen LogP contribution in [0.25, 0.3) is 0 Å². The molecule has 2 aliphatic carbocycles. The Morgan fingerprint density at radius 3 is 2.40 bits per heavy atom. The Balaban J connectivity index is 1.96. The quantitative estimate of drug-likeness (QED) is 0.514. The molecule has 4 N–H and O–H groups in total. The van der Waals surface area contributed by atoms with Crippen LogP contribution in [0.4, 0.5) is 0 Å². The topological polar surface area (TPSA) is 137 Å². The molecular weight excluding hydrogens is 380 g/mol. The molecule has 0 saturated heterocycles. The number of nitrogens with two attached hydrogens (primary N) is 1. The number of hydrogen-bond donors (Lipinski definition) is 3. The van der Waals surface area contributed by atoms with Crippen molar-refractivity contribution >= 4 is 23.6 Å². The van der Waals surface area contributed by atoms with Crippen molar-refractivity contribution in [2.45, 2.75) is 32.6 Å². The van der Waals surface area contributed by atoms with E-state index in [9.17, 15) is 14.4 Å². The van der Waals surface area contributed by atoms with Crippen molar-refractivity contribution in [1.82, 2.24) is 5.32 Å². The van der Waals surface area contributed by atoms with Crippen LogP contribution in [0.1, 0.15) is 43.7 Å². The van der Waals surface area contributed by atoms with Gasteiger partial charge in [0.2, 0.25) is 11.6 Å². The van der Waals surface area contributed by atoms with Gasteiger partial charge in [0, 0.05) is 35.4 Å². The van der Waals surface area contributed by atoms with Crippen molar-refractivity contribution in [1.29, 1.82) is 10.7 Å². The van der Waals surface area contributed by atoms with E-state index >= 15 is 0 Å². The molecule has 1 heterocycles. The maximum Gasteiger partial charge on any atom is 0.213 e. The minimum absolute atomic E-state index is 0.0753. The van der Waals surface area contributed by atoms with Crippen LogP contribution in [0.2, 0.25) is 0 Å². The largest absolute Gasteiger partial charge is 0.395 e. The van der Waals surface area contributed by atoms with E-state index in [1.807, 2.05) is 19.9 Å². The molecule has 1 atom stereocenters. The van der Waals surface area contributed by atoms with Gasteiger partial charge in [-0.05, 0) is 29.5 Å². The van der Waals surface area contributed by atoms with E-state index in [-0.39, 0.29) is 33.7 Å². The highest BCUT2D eigenvalue weighted by Gasteiger charge is 2.47. The Morgan fingerprint density at radius 2 is 1.80 bits per heavy atom. The van der Waals surface area contributed by atoms with Crippen LogP contribution >= 0.6 is 0 Å². The molecule has 4 rings (SSSR count). The average Bonchev–Trinajstić information content (AvgIpc) is 2.70. The molecule has 30 heavy (non-hydrogen) atoms. The predicted octanol–water partition coefficient (Wildman–Crippen LogP) is 2.16. The Bertz CT molecular complexity index is 1170. The van der Waals surface area contributed by atoms with E-state index < -0.39 is 17.5 Å². The van der Waals surface area contributed by atoms with Gasteiger partial charge in [-0.25, -0.2) is 0 Å². The lowest BCUT2D eigenvalue weighted by Gasteiger charge is -2.40. The first-order valence-electron chi connectivity index (χ1n) is 9.55. The monoisotopic (exact) mass is 400 g/mol. The lowest BCUT2D eigenvalue weighted by atomic mass is 9.66. The zero-order valence-electron chi connectivity index (χ0n) is 16.6. The van der Waals surface area contributed by atoms with Gasteiger partial charge in [0.25, 0.3) is 0 Å². The molecule has 7 heteroatoms. The smallest absolute Gasteiger partial charge is 0.213 e. The number of nitrogens with zero attached hydrogens (tertiary/aromatic N) is 1. The SMILES string of the molecule is CC1(C)CC(=O)C2=C(C1)NC1=C(C(=O)C(N)=C(C=N)C1=O)C2c1ccc(C#N)cc1. The second-order valence-electron chi connectivity index (χ2n) is 8.54. The van der Waals surface area contributed by atoms with Gasteiger partial charge in [-0.1, -0.05) is 26.0 Å². The maximum atomic E-state index is 13.2. The highest BCUT2D eigenvalue weighted by Crippen LogP contribution is 2.48. The van der Waals surface area contributed by atoms with E-state index in [0.717, 1.165) is 6.21 Å². The molecule has 1 aromatic carbocycles. The molecule has 0 fully saturated rings. The van der Waals surface area contributed by atoms with Crippen molar-refractivity contribution in [2.24, 2.45) is 11.1 Å². The molecule has 0 amide bonds. The molecule has 1 aromatic rings. The summed E-state index contributed by atoms with van der Waals surface area (Å²) in [5.41, 5.74) is 7.54. The van der Waals surface area contributed by atoms with Gasteiger partial charge in [-0.2, -0.15) is 5.26 Å². The van der Waals surface area contributed by atoms with Crippen LogP contribution in [0.3, 0.4) is 0 Å². The van der Waals surface area contributed by atoms with Crippen LogP contribution < -0.4 is 11.1 Å².